The number of aryl methyl sites for hydroxylation is 1. The minimum Gasteiger partial charge on any atom is -0.489 e. The molecule has 0 spiro atoms. The smallest absolute Gasteiger partial charge is 0.253 e. The second-order valence-corrected chi connectivity index (χ2v) is 23.3. The lowest BCUT2D eigenvalue weighted by molar-refractivity contribution is -0.164. The molecular formula is C54H70ClN9O8S. The third kappa shape index (κ3) is 12.1. The number of halogens is 1. The van der Waals surface area contributed by atoms with Crippen molar-refractivity contribution in [1.29, 1.82) is 5.26 Å². The molecule has 0 bridgehead atoms. The lowest BCUT2D eigenvalue weighted by Crippen LogP contribution is -2.74. The second kappa shape index (κ2) is 22.4. The first-order valence-corrected chi connectivity index (χ1v) is 26.1. The number of likely N-dealkylation sites (tertiary alicyclic amines) is 1. The maximum atomic E-state index is 14.2. The number of hydrogen-bond donors (Lipinski definition) is 5. The average Bonchev–Trinajstić information content (AvgIpc) is 3.97. The molecule has 4 heterocycles. The summed E-state index contributed by atoms with van der Waals surface area (Å²) in [6, 6.07) is 15.5. The third-order valence-corrected chi connectivity index (χ3v) is 16.0. The fourth-order valence-corrected chi connectivity index (χ4v) is 12.1. The van der Waals surface area contributed by atoms with Crippen LogP contribution in [-0.2, 0) is 19.1 Å². The molecule has 2 aromatic carbocycles. The number of piperazine rings is 1. The first-order chi connectivity index (χ1) is 34.4. The van der Waals surface area contributed by atoms with E-state index >= 15 is 0 Å². The third-order valence-electron chi connectivity index (χ3n) is 14.7. The van der Waals surface area contributed by atoms with E-state index in [1.54, 1.807) is 36.0 Å². The zero-order valence-electron chi connectivity index (χ0n) is 43.4. The summed E-state index contributed by atoms with van der Waals surface area (Å²) < 4.78 is 12.3. The largest absolute Gasteiger partial charge is 0.489 e. The van der Waals surface area contributed by atoms with Gasteiger partial charge in [0.15, 0.2) is 0 Å². The molecule has 19 heteroatoms. The molecule has 17 nitrogen and oxygen atoms in total. The van der Waals surface area contributed by atoms with Crippen molar-refractivity contribution in [2.24, 2.45) is 16.2 Å². The van der Waals surface area contributed by atoms with E-state index < -0.39 is 58.2 Å². The molecule has 1 saturated carbocycles. The van der Waals surface area contributed by atoms with Gasteiger partial charge >= 0.3 is 0 Å². The molecule has 4 aromatic rings. The van der Waals surface area contributed by atoms with Crippen LogP contribution in [-0.4, -0.2) is 142 Å². The van der Waals surface area contributed by atoms with Gasteiger partial charge in [0.25, 0.3) is 5.91 Å². The van der Waals surface area contributed by atoms with E-state index in [2.05, 4.69) is 78.3 Å². The SMILES string of the molecule is Cc1ncsc1-c1ccc([C@H](CO)NC(=O)[C@@H]2C[C@@H](O)CN2C(=O)C(NC(=O)COCCN2[C@H](C)CN(c3ccc(C(=O)NC4C(C)(C)C(Oc5ccc(C#N)c(Cl)c5)C4(C)C)cn3)C[C@@H]2C)C(C)(C)C)cc1. The van der Waals surface area contributed by atoms with E-state index in [1.165, 1.54) is 16.2 Å². The van der Waals surface area contributed by atoms with Crippen LogP contribution in [0.3, 0.4) is 0 Å². The number of rotatable bonds is 17. The highest BCUT2D eigenvalue weighted by Gasteiger charge is 2.64. The number of carbonyl (C=O) groups is 4. The van der Waals surface area contributed by atoms with Gasteiger partial charge in [-0.1, -0.05) is 84.3 Å². The highest BCUT2D eigenvalue weighted by atomic mass is 35.5. The molecule has 2 aromatic heterocycles. The average molecular weight is 1040 g/mol. The van der Waals surface area contributed by atoms with Gasteiger partial charge in [-0.25, -0.2) is 9.97 Å². The molecule has 1 unspecified atom stereocenters. The number of aliphatic hydroxyl groups is 2. The number of hydrogen-bond acceptors (Lipinski definition) is 14. The van der Waals surface area contributed by atoms with Crippen molar-refractivity contribution in [1.82, 2.24) is 35.7 Å². The zero-order chi connectivity index (χ0) is 53.2. The number of carbonyl (C=O) groups excluding carboxylic acids is 4. The maximum absolute atomic E-state index is 14.2. The Labute approximate surface area is 437 Å². The van der Waals surface area contributed by atoms with E-state index in [9.17, 15) is 34.7 Å². The van der Waals surface area contributed by atoms with Crippen LogP contribution < -0.4 is 25.6 Å². The van der Waals surface area contributed by atoms with Crippen LogP contribution in [0.2, 0.25) is 5.02 Å². The van der Waals surface area contributed by atoms with Crippen molar-refractivity contribution in [3.63, 3.8) is 0 Å². The highest BCUT2D eigenvalue weighted by Crippen LogP contribution is 2.55. The molecule has 2 saturated heterocycles. The van der Waals surface area contributed by atoms with Crippen molar-refractivity contribution in [2.75, 3.05) is 50.9 Å². The Bertz CT molecular complexity index is 2640. The summed E-state index contributed by atoms with van der Waals surface area (Å²) in [6.07, 6.45) is 0.441. The Morgan fingerprint density at radius 1 is 0.973 bits per heavy atom. The van der Waals surface area contributed by atoms with Crippen LogP contribution in [0.1, 0.15) is 102 Å². The molecular weight excluding hydrogens is 970 g/mol. The number of amides is 4. The number of nitriles is 1. The van der Waals surface area contributed by atoms with Gasteiger partial charge in [-0.2, -0.15) is 5.26 Å². The Balaban J connectivity index is 0.867. The molecule has 6 atom stereocenters. The molecule has 1 aliphatic carbocycles. The van der Waals surface area contributed by atoms with Crippen LogP contribution in [0.5, 0.6) is 5.75 Å². The fourth-order valence-electron chi connectivity index (χ4n) is 11.1. The Morgan fingerprint density at radius 3 is 2.23 bits per heavy atom. The Morgan fingerprint density at radius 2 is 1.66 bits per heavy atom. The highest BCUT2D eigenvalue weighted by molar-refractivity contribution is 7.13. The maximum Gasteiger partial charge on any atom is 0.253 e. The summed E-state index contributed by atoms with van der Waals surface area (Å²) in [5.41, 5.74) is 3.60. The van der Waals surface area contributed by atoms with Crippen molar-refractivity contribution in [3.8, 4) is 22.3 Å². The summed E-state index contributed by atoms with van der Waals surface area (Å²) in [4.78, 5) is 70.9. The minimum atomic E-state index is -1.02. The number of nitrogens with one attached hydrogen (secondary N) is 3. The van der Waals surface area contributed by atoms with E-state index in [-0.39, 0.29) is 62.9 Å². The first-order valence-electron chi connectivity index (χ1n) is 24.9. The summed E-state index contributed by atoms with van der Waals surface area (Å²) in [5.74, 6) is -0.383. The predicted molar refractivity (Wildman–Crippen MR) is 280 cm³/mol. The second-order valence-electron chi connectivity index (χ2n) is 22.0. The summed E-state index contributed by atoms with van der Waals surface area (Å²) in [7, 11) is 0. The van der Waals surface area contributed by atoms with Crippen LogP contribution >= 0.6 is 22.9 Å². The molecule has 2 aliphatic heterocycles. The summed E-state index contributed by atoms with van der Waals surface area (Å²) in [6.45, 7) is 21.3. The van der Waals surface area contributed by atoms with Gasteiger partial charge in [0.05, 0.1) is 57.6 Å². The minimum absolute atomic E-state index is 0.0110. The van der Waals surface area contributed by atoms with Crippen LogP contribution in [0.4, 0.5) is 5.82 Å². The monoisotopic (exact) mass is 1040 g/mol. The van der Waals surface area contributed by atoms with E-state index in [0.717, 1.165) is 22.0 Å². The van der Waals surface area contributed by atoms with E-state index in [4.69, 9.17) is 26.1 Å². The van der Waals surface area contributed by atoms with Crippen molar-refractivity contribution in [3.05, 3.63) is 93.7 Å². The number of aliphatic hydroxyl groups excluding tert-OH is 2. The number of β-amino-alcohol motifs (C(OH)–C–C–N with tert-alkyl or cyclic N) is 1. The Hall–Kier alpha value is -5.68. The van der Waals surface area contributed by atoms with Crippen molar-refractivity contribution in [2.45, 2.75) is 124 Å². The molecule has 73 heavy (non-hydrogen) atoms. The normalized spacial score (nSPS) is 23.4. The molecule has 5 N–H and O–H groups in total. The van der Waals surface area contributed by atoms with Gasteiger partial charge < -0.3 is 45.4 Å². The molecule has 0 radical (unpaired) electrons. The van der Waals surface area contributed by atoms with Gasteiger partial charge in [-0.15, -0.1) is 11.3 Å². The number of thiazole rings is 1. The topological polar surface area (TPSA) is 223 Å². The van der Waals surface area contributed by atoms with Crippen molar-refractivity contribution < 1.29 is 38.9 Å². The molecule has 4 amide bonds. The van der Waals surface area contributed by atoms with Crippen molar-refractivity contribution >= 4 is 52.4 Å². The molecule has 3 fully saturated rings. The van der Waals surface area contributed by atoms with Gasteiger partial charge in [-0.3, -0.25) is 24.1 Å². The lowest BCUT2D eigenvalue weighted by atomic mass is 9.49. The van der Waals surface area contributed by atoms with E-state index in [1.807, 2.05) is 58.0 Å². The van der Waals surface area contributed by atoms with Crippen LogP contribution in [0, 0.1) is 34.5 Å². The van der Waals surface area contributed by atoms with Crippen LogP contribution in [0.15, 0.2) is 66.3 Å². The fraction of sp³-hybridized carbons (Fsp3) is 0.537. The predicted octanol–water partition coefficient (Wildman–Crippen LogP) is 5.91. The quantitative estimate of drug-likeness (QED) is 0.0778. The lowest BCUT2D eigenvalue weighted by Gasteiger charge is -2.63. The number of anilines is 1. The van der Waals surface area contributed by atoms with Gasteiger partial charge in [0.2, 0.25) is 17.7 Å². The molecule has 7 rings (SSSR count). The van der Waals surface area contributed by atoms with Gasteiger partial charge in [-0.05, 0) is 61.6 Å². The Kier molecular flexibility index (Phi) is 16.9. The number of pyridine rings is 1. The summed E-state index contributed by atoms with van der Waals surface area (Å²) >= 11 is 7.80. The number of ether oxygens (including phenoxy) is 2. The number of nitrogens with zero attached hydrogens (tertiary/aromatic N) is 6. The van der Waals surface area contributed by atoms with Gasteiger partial charge in [0.1, 0.15) is 42.4 Å². The van der Waals surface area contributed by atoms with Gasteiger partial charge in [0, 0.05) is 73.8 Å². The molecule has 3 aliphatic rings. The molecule has 392 valence electrons. The van der Waals surface area contributed by atoms with Crippen LogP contribution in [0.25, 0.3) is 10.4 Å². The first kappa shape index (κ1) is 55.1. The number of aromatic nitrogens is 2. The number of benzene rings is 2. The standard InChI is InChI=1S/C54H70ClN9O8S/c1-31-25-62(43-18-16-37(24-57-43)47(68)61-50-53(7,8)51(54(50,9)10)72-39-17-15-36(23-56)40(55)22-39)26-32(2)63(31)19-20-71-29-44(67)60-46(52(4,5)6)49(70)64-27-38(66)21-42(64)48(69)59-41(28-65)34-11-13-35(14-12-34)45-33(3)58-30-73-45/h11-18,22,24,30-32,38,41-42,46,50-51,65-66H,19-21,25-29H2,1-10H3,(H,59,69)(H,60,67)(H,61,68)/t31-,32+,38-,41+,42+,46?,50?,51?/m1/s1. The zero-order valence-corrected chi connectivity index (χ0v) is 45.0. The van der Waals surface area contributed by atoms with E-state index in [0.29, 0.717) is 47.1 Å². The summed E-state index contributed by atoms with van der Waals surface area (Å²) in [5, 5.41) is 39.6.